The lowest BCUT2D eigenvalue weighted by Gasteiger charge is -2.24. The average molecular weight is 435 g/mol. The molecule has 5 rings (SSSR count). The highest BCUT2D eigenvalue weighted by atomic mass is 14.3. The molecule has 0 fully saturated rings. The standard InChI is InChI=1S/C33H38/c1-14-15(2)20(7)29-26(18(14)5)13-27-30(29)24(11)25(12)33-31(27)23(10)22(9)28-19(6)16(3)17(4)21(8)32(28)33/h13H2,1-12H3. The lowest BCUT2D eigenvalue weighted by atomic mass is 9.79. The van der Waals surface area contributed by atoms with E-state index in [1.54, 1.807) is 11.1 Å². The molecule has 0 saturated carbocycles. The maximum absolute atomic E-state index is 2.37. The van der Waals surface area contributed by atoms with E-state index < -0.39 is 0 Å². The minimum Gasteiger partial charge on any atom is -0.0447 e. The van der Waals surface area contributed by atoms with Gasteiger partial charge in [0, 0.05) is 0 Å². The zero-order valence-corrected chi connectivity index (χ0v) is 22.7. The molecule has 1 aliphatic carbocycles. The van der Waals surface area contributed by atoms with Gasteiger partial charge in [0.2, 0.25) is 0 Å². The molecule has 0 radical (unpaired) electrons. The summed E-state index contributed by atoms with van der Waals surface area (Å²) in [4.78, 5) is 0. The number of rotatable bonds is 0. The predicted octanol–water partition coefficient (Wildman–Crippen LogP) is 9.27. The fraction of sp³-hybridized carbons (Fsp3) is 0.394. The molecule has 33 heavy (non-hydrogen) atoms. The van der Waals surface area contributed by atoms with E-state index in [0.29, 0.717) is 0 Å². The average Bonchev–Trinajstić information content (AvgIpc) is 3.19. The molecule has 0 heteroatoms. The molecule has 170 valence electrons. The quantitative estimate of drug-likeness (QED) is 0.213. The predicted molar refractivity (Wildman–Crippen MR) is 147 cm³/mol. The van der Waals surface area contributed by atoms with Crippen molar-refractivity contribution in [1.29, 1.82) is 0 Å². The van der Waals surface area contributed by atoms with Gasteiger partial charge in [-0.2, -0.15) is 0 Å². The highest BCUT2D eigenvalue weighted by Gasteiger charge is 2.31. The van der Waals surface area contributed by atoms with E-state index in [-0.39, 0.29) is 0 Å². The molecular weight excluding hydrogens is 396 g/mol. The molecule has 0 amide bonds. The molecule has 0 heterocycles. The van der Waals surface area contributed by atoms with Crippen molar-refractivity contribution in [3.8, 4) is 11.1 Å². The fourth-order valence-corrected chi connectivity index (χ4v) is 6.90. The zero-order valence-electron chi connectivity index (χ0n) is 22.7. The van der Waals surface area contributed by atoms with Crippen LogP contribution in [0.1, 0.15) is 77.9 Å². The summed E-state index contributed by atoms with van der Waals surface area (Å²) in [5.74, 6) is 0. The first kappa shape index (κ1) is 22.2. The maximum Gasteiger partial charge on any atom is -0.000424 e. The Morgan fingerprint density at radius 1 is 0.273 bits per heavy atom. The van der Waals surface area contributed by atoms with Crippen LogP contribution in [0, 0.1) is 83.1 Å². The molecule has 4 aromatic carbocycles. The van der Waals surface area contributed by atoms with Crippen molar-refractivity contribution in [2.75, 3.05) is 0 Å². The topological polar surface area (TPSA) is 0 Å². The number of benzene rings is 4. The van der Waals surface area contributed by atoms with Gasteiger partial charge in [-0.3, -0.25) is 0 Å². The molecule has 0 nitrogen and oxygen atoms in total. The van der Waals surface area contributed by atoms with Crippen LogP contribution in [-0.4, -0.2) is 0 Å². The van der Waals surface area contributed by atoms with Gasteiger partial charge in [0.05, 0.1) is 0 Å². The molecule has 0 unspecified atom stereocenters. The van der Waals surface area contributed by atoms with Gasteiger partial charge in [-0.15, -0.1) is 0 Å². The van der Waals surface area contributed by atoms with Gasteiger partial charge >= 0.3 is 0 Å². The summed E-state index contributed by atoms with van der Waals surface area (Å²) in [6.45, 7) is 28.0. The SMILES string of the molecule is Cc1c(C)c(C)c2c(c1C)Cc1c-2c(C)c(C)c2c1c(C)c(C)c1c(C)c(C)c(C)c(C)c12. The van der Waals surface area contributed by atoms with Crippen LogP contribution in [0.2, 0.25) is 0 Å². The van der Waals surface area contributed by atoms with Crippen molar-refractivity contribution in [3.63, 3.8) is 0 Å². The molecule has 0 N–H and O–H groups in total. The van der Waals surface area contributed by atoms with Crippen molar-refractivity contribution >= 4 is 21.5 Å². The zero-order chi connectivity index (χ0) is 24.3. The Hall–Kier alpha value is -2.60. The lowest BCUT2D eigenvalue weighted by molar-refractivity contribution is 1.15. The normalized spacial score (nSPS) is 12.7. The van der Waals surface area contributed by atoms with Crippen molar-refractivity contribution in [1.82, 2.24) is 0 Å². The Bertz CT molecular complexity index is 1570. The summed E-state index contributed by atoms with van der Waals surface area (Å²) >= 11 is 0. The molecule has 0 aromatic heterocycles. The van der Waals surface area contributed by atoms with Crippen LogP contribution in [0.4, 0.5) is 0 Å². The van der Waals surface area contributed by atoms with Crippen molar-refractivity contribution in [2.24, 2.45) is 0 Å². The second-order valence-electron chi connectivity index (χ2n) is 10.9. The number of hydrogen-bond donors (Lipinski definition) is 0. The number of aryl methyl sites for hydroxylation is 5. The summed E-state index contributed by atoms with van der Waals surface area (Å²) in [6, 6.07) is 0. The van der Waals surface area contributed by atoms with Crippen LogP contribution < -0.4 is 0 Å². The highest BCUT2D eigenvalue weighted by Crippen LogP contribution is 2.51. The van der Waals surface area contributed by atoms with Gasteiger partial charge in [0.15, 0.2) is 0 Å². The Morgan fingerprint density at radius 2 is 0.606 bits per heavy atom. The smallest absolute Gasteiger partial charge is 0.000424 e. The van der Waals surface area contributed by atoms with Crippen LogP contribution in [0.25, 0.3) is 32.7 Å². The van der Waals surface area contributed by atoms with E-state index in [4.69, 9.17) is 0 Å². The summed E-state index contributed by atoms with van der Waals surface area (Å²) < 4.78 is 0. The van der Waals surface area contributed by atoms with Crippen LogP contribution in [0.15, 0.2) is 0 Å². The summed E-state index contributed by atoms with van der Waals surface area (Å²) in [5.41, 5.74) is 23.7. The van der Waals surface area contributed by atoms with Crippen LogP contribution >= 0.6 is 0 Å². The molecular formula is C33H38. The number of fused-ring (bicyclic) bond motifs is 7. The molecule has 0 saturated heterocycles. The summed E-state index contributed by atoms with van der Waals surface area (Å²) in [7, 11) is 0. The molecule has 0 atom stereocenters. The van der Waals surface area contributed by atoms with Gasteiger partial charge in [-0.05, 0) is 200 Å². The van der Waals surface area contributed by atoms with Crippen molar-refractivity contribution in [3.05, 3.63) is 77.9 Å². The molecule has 1 aliphatic rings. The Kier molecular flexibility index (Phi) is 4.68. The molecule has 0 bridgehead atoms. The Morgan fingerprint density at radius 3 is 1.21 bits per heavy atom. The highest BCUT2D eigenvalue weighted by molar-refractivity contribution is 6.18. The van der Waals surface area contributed by atoms with E-state index in [1.807, 2.05) is 0 Å². The molecule has 0 spiro atoms. The Balaban J connectivity index is 2.10. The number of hydrogen-bond acceptors (Lipinski definition) is 0. The van der Waals surface area contributed by atoms with Gasteiger partial charge in [-0.1, -0.05) is 0 Å². The van der Waals surface area contributed by atoms with Gasteiger partial charge in [-0.25, -0.2) is 0 Å². The minimum atomic E-state index is 1.06. The second-order valence-corrected chi connectivity index (χ2v) is 10.9. The largest absolute Gasteiger partial charge is 0.0447 e. The third-order valence-electron chi connectivity index (χ3n) is 9.84. The van der Waals surface area contributed by atoms with Crippen LogP contribution in [0.3, 0.4) is 0 Å². The third-order valence-corrected chi connectivity index (χ3v) is 9.84. The maximum atomic E-state index is 2.37. The third kappa shape index (κ3) is 2.53. The molecule has 4 aromatic rings. The van der Waals surface area contributed by atoms with Crippen LogP contribution in [-0.2, 0) is 6.42 Å². The summed E-state index contributed by atoms with van der Waals surface area (Å²) in [6.07, 6.45) is 1.06. The van der Waals surface area contributed by atoms with E-state index in [9.17, 15) is 0 Å². The van der Waals surface area contributed by atoms with Gasteiger partial charge in [0.1, 0.15) is 0 Å². The fourth-order valence-electron chi connectivity index (χ4n) is 6.90. The Labute approximate surface area is 200 Å². The second kappa shape index (κ2) is 6.95. The van der Waals surface area contributed by atoms with Crippen molar-refractivity contribution in [2.45, 2.75) is 89.5 Å². The van der Waals surface area contributed by atoms with Crippen LogP contribution in [0.5, 0.6) is 0 Å². The summed E-state index contributed by atoms with van der Waals surface area (Å²) in [5, 5.41) is 6.00. The van der Waals surface area contributed by atoms with Crippen molar-refractivity contribution < 1.29 is 0 Å². The van der Waals surface area contributed by atoms with Gasteiger partial charge < -0.3 is 0 Å². The van der Waals surface area contributed by atoms with Gasteiger partial charge in [0.25, 0.3) is 0 Å². The van der Waals surface area contributed by atoms with E-state index in [0.717, 1.165) is 6.42 Å². The molecule has 0 aliphatic heterocycles. The lowest BCUT2D eigenvalue weighted by Crippen LogP contribution is -2.03. The first-order valence-corrected chi connectivity index (χ1v) is 12.5. The van der Waals surface area contributed by atoms with E-state index in [2.05, 4.69) is 83.1 Å². The van der Waals surface area contributed by atoms with E-state index in [1.165, 1.54) is 99.4 Å². The minimum absolute atomic E-state index is 1.06. The monoisotopic (exact) mass is 434 g/mol. The first-order valence-electron chi connectivity index (χ1n) is 12.5. The van der Waals surface area contributed by atoms with E-state index >= 15 is 0 Å². The first-order chi connectivity index (χ1) is 15.4.